The Morgan fingerprint density at radius 1 is 1.16 bits per heavy atom. The van der Waals surface area contributed by atoms with Crippen molar-refractivity contribution in [1.29, 1.82) is 0 Å². The summed E-state index contributed by atoms with van der Waals surface area (Å²) < 4.78 is 48.2. The molecule has 0 fully saturated rings. The molecular weight excluding hydrogens is 335 g/mol. The monoisotopic (exact) mass is 351 g/mol. The number of alkyl halides is 3. The normalized spacial score (nSPS) is 12.0. The molecule has 1 aromatic heterocycles. The van der Waals surface area contributed by atoms with Gasteiger partial charge < -0.3 is 9.47 Å². The number of benzene rings is 1. The first-order valence-corrected chi connectivity index (χ1v) is 7.36. The van der Waals surface area contributed by atoms with E-state index in [0.29, 0.717) is 16.7 Å². The maximum absolute atomic E-state index is 12.7. The number of methoxy groups -OCH3 is 1. The molecule has 132 valence electrons. The number of rotatable bonds is 5. The molecular formula is C18H16F3NO3. The molecule has 2 aromatic rings. The Morgan fingerprint density at radius 2 is 1.88 bits per heavy atom. The number of esters is 1. The molecule has 1 aromatic carbocycles. The van der Waals surface area contributed by atoms with E-state index in [-0.39, 0.29) is 12.5 Å². The van der Waals surface area contributed by atoms with Crippen LogP contribution in [0.25, 0.3) is 5.57 Å². The van der Waals surface area contributed by atoms with Crippen molar-refractivity contribution < 1.29 is 27.4 Å². The second-order valence-electron chi connectivity index (χ2n) is 5.00. The van der Waals surface area contributed by atoms with Crippen LogP contribution in [0.3, 0.4) is 0 Å². The van der Waals surface area contributed by atoms with Gasteiger partial charge in [0.05, 0.1) is 12.7 Å². The van der Waals surface area contributed by atoms with Crippen LogP contribution < -0.4 is 4.74 Å². The van der Waals surface area contributed by atoms with E-state index in [1.54, 1.807) is 37.3 Å². The lowest BCUT2D eigenvalue weighted by atomic mass is 10.00. The van der Waals surface area contributed by atoms with Crippen LogP contribution in [0.2, 0.25) is 0 Å². The van der Waals surface area contributed by atoms with E-state index >= 15 is 0 Å². The number of aromatic nitrogens is 1. The molecule has 0 unspecified atom stereocenters. The molecule has 4 nitrogen and oxygen atoms in total. The molecule has 0 saturated carbocycles. The van der Waals surface area contributed by atoms with Crippen LogP contribution >= 0.6 is 0 Å². The van der Waals surface area contributed by atoms with Gasteiger partial charge in [-0.2, -0.15) is 13.2 Å². The van der Waals surface area contributed by atoms with Crippen molar-refractivity contribution in [2.75, 3.05) is 7.11 Å². The minimum atomic E-state index is -4.54. The number of hydrogen-bond acceptors (Lipinski definition) is 4. The van der Waals surface area contributed by atoms with E-state index in [9.17, 15) is 18.0 Å². The van der Waals surface area contributed by atoms with Crippen molar-refractivity contribution in [3.63, 3.8) is 0 Å². The van der Waals surface area contributed by atoms with Gasteiger partial charge in [-0.1, -0.05) is 36.4 Å². The van der Waals surface area contributed by atoms with E-state index in [2.05, 4.69) is 4.98 Å². The van der Waals surface area contributed by atoms with Crippen LogP contribution in [0.1, 0.15) is 23.7 Å². The number of ether oxygens (including phenoxy) is 2. The number of carbonyl (C=O) groups is 1. The lowest BCUT2D eigenvalue weighted by Crippen LogP contribution is -2.10. The third-order valence-corrected chi connectivity index (χ3v) is 3.39. The highest BCUT2D eigenvalue weighted by Crippen LogP contribution is 2.29. The minimum absolute atomic E-state index is 0.0428. The lowest BCUT2D eigenvalue weighted by molar-refractivity contribution is -0.141. The van der Waals surface area contributed by atoms with Crippen LogP contribution in [0.4, 0.5) is 13.2 Å². The summed E-state index contributed by atoms with van der Waals surface area (Å²) in [4.78, 5) is 15.3. The zero-order valence-electron chi connectivity index (χ0n) is 13.6. The first-order valence-electron chi connectivity index (χ1n) is 7.36. The van der Waals surface area contributed by atoms with Gasteiger partial charge in [-0.3, -0.25) is 0 Å². The number of hydrogen-bond donors (Lipinski definition) is 0. The SMILES string of the molecule is C/C=C(/C(=O)OC)c1ccccc1COc1cccc(C(F)(F)F)n1. The van der Waals surface area contributed by atoms with Crippen molar-refractivity contribution in [2.45, 2.75) is 19.7 Å². The Morgan fingerprint density at radius 3 is 2.52 bits per heavy atom. The summed E-state index contributed by atoms with van der Waals surface area (Å²) in [7, 11) is 1.28. The van der Waals surface area contributed by atoms with Crippen molar-refractivity contribution in [3.05, 3.63) is 65.4 Å². The summed E-state index contributed by atoms with van der Waals surface area (Å²) in [6, 6.07) is 10.4. The average molecular weight is 351 g/mol. The molecule has 0 spiro atoms. The van der Waals surface area contributed by atoms with Gasteiger partial charge >= 0.3 is 12.1 Å². The maximum atomic E-state index is 12.7. The summed E-state index contributed by atoms with van der Waals surface area (Å²) in [5, 5.41) is 0. The van der Waals surface area contributed by atoms with Crippen LogP contribution in [-0.4, -0.2) is 18.1 Å². The maximum Gasteiger partial charge on any atom is 0.433 e. The smallest absolute Gasteiger partial charge is 0.433 e. The van der Waals surface area contributed by atoms with Gasteiger partial charge in [-0.15, -0.1) is 0 Å². The molecule has 0 aliphatic rings. The van der Waals surface area contributed by atoms with Crippen LogP contribution in [0.5, 0.6) is 5.88 Å². The van der Waals surface area contributed by atoms with Gasteiger partial charge in [-0.25, -0.2) is 9.78 Å². The van der Waals surface area contributed by atoms with E-state index in [0.717, 1.165) is 6.07 Å². The summed E-state index contributed by atoms with van der Waals surface area (Å²) in [5.41, 5.74) is 0.532. The fourth-order valence-corrected chi connectivity index (χ4v) is 2.21. The van der Waals surface area contributed by atoms with Crippen molar-refractivity contribution in [2.24, 2.45) is 0 Å². The number of carbonyl (C=O) groups excluding carboxylic acids is 1. The molecule has 0 amide bonds. The van der Waals surface area contributed by atoms with Crippen molar-refractivity contribution in [1.82, 2.24) is 4.98 Å². The third-order valence-electron chi connectivity index (χ3n) is 3.39. The molecule has 0 N–H and O–H groups in total. The predicted molar refractivity (Wildman–Crippen MR) is 85.7 cm³/mol. The highest BCUT2D eigenvalue weighted by molar-refractivity contribution is 6.16. The van der Waals surface area contributed by atoms with Crippen molar-refractivity contribution in [3.8, 4) is 5.88 Å². The molecule has 7 heteroatoms. The summed E-state index contributed by atoms with van der Waals surface area (Å²) >= 11 is 0. The zero-order chi connectivity index (χ0) is 18.4. The molecule has 25 heavy (non-hydrogen) atoms. The largest absolute Gasteiger partial charge is 0.473 e. The zero-order valence-corrected chi connectivity index (χ0v) is 13.6. The molecule has 0 bridgehead atoms. The third kappa shape index (κ3) is 4.59. The Kier molecular flexibility index (Phi) is 5.80. The predicted octanol–water partition coefficient (Wildman–Crippen LogP) is 4.26. The van der Waals surface area contributed by atoms with Gasteiger partial charge in [0, 0.05) is 6.07 Å². The van der Waals surface area contributed by atoms with Gasteiger partial charge in [0.15, 0.2) is 0 Å². The molecule has 0 saturated heterocycles. The lowest BCUT2D eigenvalue weighted by Gasteiger charge is -2.13. The first kappa shape index (κ1) is 18.5. The van der Waals surface area contributed by atoms with Gasteiger partial charge in [0.25, 0.3) is 0 Å². The van der Waals surface area contributed by atoms with Crippen LogP contribution in [-0.2, 0) is 22.3 Å². The fourth-order valence-electron chi connectivity index (χ4n) is 2.21. The molecule has 0 atom stereocenters. The Labute approximate surface area is 142 Å². The highest BCUT2D eigenvalue weighted by Gasteiger charge is 2.32. The second-order valence-corrected chi connectivity index (χ2v) is 5.00. The van der Waals surface area contributed by atoms with Crippen LogP contribution in [0, 0.1) is 0 Å². The highest BCUT2D eigenvalue weighted by atomic mass is 19.4. The van der Waals surface area contributed by atoms with E-state index in [1.807, 2.05) is 0 Å². The molecule has 0 radical (unpaired) electrons. The van der Waals surface area contributed by atoms with E-state index in [1.165, 1.54) is 19.2 Å². The summed E-state index contributed by atoms with van der Waals surface area (Å²) in [6.45, 7) is 1.65. The summed E-state index contributed by atoms with van der Waals surface area (Å²) in [5.74, 6) is -0.656. The molecule has 2 rings (SSSR count). The average Bonchev–Trinajstić information content (AvgIpc) is 2.61. The number of allylic oxidation sites excluding steroid dienone is 1. The second kappa shape index (κ2) is 7.83. The summed E-state index contributed by atoms with van der Waals surface area (Å²) in [6.07, 6.45) is -2.94. The number of halogens is 3. The number of pyridine rings is 1. The van der Waals surface area contributed by atoms with E-state index < -0.39 is 17.8 Å². The Balaban J connectivity index is 2.24. The molecule has 0 aliphatic heterocycles. The van der Waals surface area contributed by atoms with Gasteiger partial charge in [0.1, 0.15) is 12.3 Å². The Bertz CT molecular complexity index is 785. The van der Waals surface area contributed by atoms with Gasteiger partial charge in [-0.05, 0) is 24.1 Å². The fraction of sp³-hybridized carbons (Fsp3) is 0.222. The molecule has 0 aliphatic carbocycles. The first-order chi connectivity index (χ1) is 11.9. The number of nitrogens with zero attached hydrogens (tertiary/aromatic N) is 1. The quantitative estimate of drug-likeness (QED) is 0.597. The minimum Gasteiger partial charge on any atom is -0.473 e. The van der Waals surface area contributed by atoms with E-state index in [4.69, 9.17) is 9.47 Å². The Hall–Kier alpha value is -2.83. The van der Waals surface area contributed by atoms with Crippen molar-refractivity contribution >= 4 is 11.5 Å². The van der Waals surface area contributed by atoms with Crippen LogP contribution in [0.15, 0.2) is 48.5 Å². The molecule has 1 heterocycles. The topological polar surface area (TPSA) is 48.4 Å². The van der Waals surface area contributed by atoms with Gasteiger partial charge in [0.2, 0.25) is 5.88 Å². The standard InChI is InChI=1S/C18H16F3NO3/c1-3-13(17(23)24-2)14-8-5-4-7-12(14)11-25-16-10-6-9-15(22-16)18(19,20)21/h3-10H,11H2,1-2H3/b13-3+.